The predicted molar refractivity (Wildman–Crippen MR) is 57.9 cm³/mol. The summed E-state index contributed by atoms with van der Waals surface area (Å²) in [4.78, 5) is 14.6. The van der Waals surface area contributed by atoms with Crippen molar-refractivity contribution in [1.82, 2.24) is 14.8 Å². The smallest absolute Gasteiger partial charge is 0.157 e. The third-order valence-electron chi connectivity index (χ3n) is 2.01. The number of rotatable bonds is 4. The van der Waals surface area contributed by atoms with Crippen LogP contribution >= 0.6 is 0 Å². The Kier molecular flexibility index (Phi) is 2.95. The zero-order valence-electron chi connectivity index (χ0n) is 8.83. The Morgan fingerprint density at radius 2 is 2.31 bits per heavy atom. The number of hydrogen-bond acceptors (Lipinski definition) is 4. The molecule has 16 heavy (non-hydrogen) atoms. The lowest BCUT2D eigenvalue weighted by Crippen LogP contribution is -1.98. The molecule has 5 nitrogen and oxygen atoms in total. The molecular formula is C11H11N3O2. The number of ether oxygens (including phenoxy) is 1. The van der Waals surface area contributed by atoms with Crippen LogP contribution in [0.25, 0.3) is 5.82 Å². The first kappa shape index (κ1) is 10.4. The van der Waals surface area contributed by atoms with Gasteiger partial charge in [0.05, 0.1) is 19.0 Å². The van der Waals surface area contributed by atoms with Gasteiger partial charge in [0.25, 0.3) is 0 Å². The summed E-state index contributed by atoms with van der Waals surface area (Å²) in [5.74, 6) is 1.35. The summed E-state index contributed by atoms with van der Waals surface area (Å²) in [5, 5.41) is 4.10. The summed E-state index contributed by atoms with van der Waals surface area (Å²) >= 11 is 0. The lowest BCUT2D eigenvalue weighted by Gasteiger charge is -1.99. The maximum absolute atomic E-state index is 10.5. The van der Waals surface area contributed by atoms with E-state index in [1.165, 1.54) is 6.20 Å². The van der Waals surface area contributed by atoms with Gasteiger partial charge in [0.2, 0.25) is 0 Å². The van der Waals surface area contributed by atoms with E-state index in [2.05, 4.69) is 10.1 Å². The predicted octanol–water partition coefficient (Wildman–Crippen LogP) is 1.48. The van der Waals surface area contributed by atoms with Crippen LogP contribution in [0.3, 0.4) is 0 Å². The number of carbonyl (C=O) groups is 1. The standard InChI is InChI=1S/C11H11N3O2/c1-2-16-10-6-13-14(7-10)11-4-3-9(8-15)5-12-11/h3-8H,2H2,1H3. The summed E-state index contributed by atoms with van der Waals surface area (Å²) in [6.07, 6.45) is 5.63. The summed E-state index contributed by atoms with van der Waals surface area (Å²) in [5.41, 5.74) is 0.543. The van der Waals surface area contributed by atoms with Gasteiger partial charge in [0.15, 0.2) is 17.9 Å². The molecule has 0 aliphatic carbocycles. The minimum absolute atomic E-state index is 0.543. The van der Waals surface area contributed by atoms with Gasteiger partial charge in [-0.3, -0.25) is 4.79 Å². The minimum atomic E-state index is 0.543. The lowest BCUT2D eigenvalue weighted by atomic mass is 10.3. The lowest BCUT2D eigenvalue weighted by molar-refractivity contribution is 0.112. The van der Waals surface area contributed by atoms with Crippen LogP contribution in [0.4, 0.5) is 0 Å². The Morgan fingerprint density at radius 1 is 1.44 bits per heavy atom. The van der Waals surface area contributed by atoms with E-state index in [4.69, 9.17) is 4.74 Å². The average molecular weight is 217 g/mol. The molecule has 0 spiro atoms. The largest absolute Gasteiger partial charge is 0.491 e. The molecule has 0 atom stereocenters. The molecule has 0 aliphatic rings. The number of nitrogens with zero attached hydrogens (tertiary/aromatic N) is 3. The van der Waals surface area contributed by atoms with E-state index in [9.17, 15) is 4.79 Å². The van der Waals surface area contributed by atoms with Gasteiger partial charge in [-0.1, -0.05) is 0 Å². The molecule has 0 fully saturated rings. The van der Waals surface area contributed by atoms with E-state index in [0.29, 0.717) is 23.7 Å². The van der Waals surface area contributed by atoms with Crippen LogP contribution in [-0.4, -0.2) is 27.7 Å². The van der Waals surface area contributed by atoms with Crippen LogP contribution in [0, 0.1) is 0 Å². The Morgan fingerprint density at radius 3 is 2.94 bits per heavy atom. The van der Waals surface area contributed by atoms with Gasteiger partial charge in [-0.2, -0.15) is 5.10 Å². The highest BCUT2D eigenvalue weighted by atomic mass is 16.5. The molecule has 0 unspecified atom stereocenters. The molecule has 2 aromatic heterocycles. The average Bonchev–Trinajstić information content (AvgIpc) is 2.78. The fraction of sp³-hybridized carbons (Fsp3) is 0.182. The molecule has 82 valence electrons. The quantitative estimate of drug-likeness (QED) is 0.728. The van der Waals surface area contributed by atoms with Crippen LogP contribution < -0.4 is 4.74 Å². The molecule has 2 rings (SSSR count). The van der Waals surface area contributed by atoms with Gasteiger partial charge in [-0.25, -0.2) is 9.67 Å². The van der Waals surface area contributed by atoms with E-state index < -0.39 is 0 Å². The maximum Gasteiger partial charge on any atom is 0.157 e. The van der Waals surface area contributed by atoms with Gasteiger partial charge in [-0.05, 0) is 19.1 Å². The summed E-state index contributed by atoms with van der Waals surface area (Å²) in [7, 11) is 0. The Hall–Kier alpha value is -2.17. The van der Waals surface area contributed by atoms with Crippen molar-refractivity contribution in [3.63, 3.8) is 0 Å². The highest BCUT2D eigenvalue weighted by Crippen LogP contribution is 2.11. The molecule has 0 amide bonds. The van der Waals surface area contributed by atoms with Crippen molar-refractivity contribution in [2.45, 2.75) is 6.92 Å². The van der Waals surface area contributed by atoms with E-state index in [1.807, 2.05) is 6.92 Å². The second-order valence-electron chi connectivity index (χ2n) is 3.12. The van der Waals surface area contributed by atoms with Crippen molar-refractivity contribution in [2.75, 3.05) is 6.61 Å². The molecule has 2 heterocycles. The van der Waals surface area contributed by atoms with Gasteiger partial charge in [0.1, 0.15) is 0 Å². The Labute approximate surface area is 92.7 Å². The molecule has 0 saturated carbocycles. The zero-order chi connectivity index (χ0) is 11.4. The monoisotopic (exact) mass is 217 g/mol. The second-order valence-corrected chi connectivity index (χ2v) is 3.12. The van der Waals surface area contributed by atoms with Gasteiger partial charge >= 0.3 is 0 Å². The first-order chi connectivity index (χ1) is 7.83. The fourth-order valence-electron chi connectivity index (χ4n) is 1.28. The molecule has 0 radical (unpaired) electrons. The molecule has 0 bridgehead atoms. The van der Waals surface area contributed by atoms with Gasteiger partial charge in [0, 0.05) is 11.8 Å². The fourth-order valence-corrected chi connectivity index (χ4v) is 1.28. The van der Waals surface area contributed by atoms with Gasteiger partial charge < -0.3 is 4.74 Å². The summed E-state index contributed by atoms with van der Waals surface area (Å²) in [6, 6.07) is 3.42. The van der Waals surface area contributed by atoms with E-state index in [0.717, 1.165) is 6.29 Å². The number of aromatic nitrogens is 3. The summed E-state index contributed by atoms with van der Waals surface area (Å²) < 4.78 is 6.88. The highest BCUT2D eigenvalue weighted by Gasteiger charge is 2.02. The Bertz CT molecular complexity index is 476. The van der Waals surface area contributed by atoms with Crippen molar-refractivity contribution >= 4 is 6.29 Å². The van der Waals surface area contributed by atoms with Crippen LogP contribution in [0.5, 0.6) is 5.75 Å². The maximum atomic E-state index is 10.5. The molecule has 2 aromatic rings. The first-order valence-electron chi connectivity index (χ1n) is 4.92. The second kappa shape index (κ2) is 4.57. The Balaban J connectivity index is 2.24. The van der Waals surface area contributed by atoms with E-state index >= 15 is 0 Å². The third kappa shape index (κ3) is 2.08. The first-order valence-corrected chi connectivity index (χ1v) is 4.92. The van der Waals surface area contributed by atoms with Crippen molar-refractivity contribution in [2.24, 2.45) is 0 Å². The molecule has 0 aliphatic heterocycles. The van der Waals surface area contributed by atoms with E-state index in [1.54, 1.807) is 29.2 Å². The van der Waals surface area contributed by atoms with Crippen molar-refractivity contribution in [3.8, 4) is 11.6 Å². The van der Waals surface area contributed by atoms with E-state index in [-0.39, 0.29) is 0 Å². The van der Waals surface area contributed by atoms with Gasteiger partial charge in [-0.15, -0.1) is 0 Å². The number of carbonyl (C=O) groups excluding carboxylic acids is 1. The number of hydrogen-bond donors (Lipinski definition) is 0. The minimum Gasteiger partial charge on any atom is -0.491 e. The zero-order valence-corrected chi connectivity index (χ0v) is 8.83. The normalized spacial score (nSPS) is 10.1. The van der Waals surface area contributed by atoms with Crippen molar-refractivity contribution in [1.29, 1.82) is 0 Å². The molecule has 0 N–H and O–H groups in total. The van der Waals surface area contributed by atoms with Crippen LogP contribution in [0.15, 0.2) is 30.7 Å². The van der Waals surface area contributed by atoms with Crippen molar-refractivity contribution in [3.05, 3.63) is 36.3 Å². The summed E-state index contributed by atoms with van der Waals surface area (Å²) in [6.45, 7) is 2.51. The highest BCUT2D eigenvalue weighted by molar-refractivity contribution is 5.74. The third-order valence-corrected chi connectivity index (χ3v) is 2.01. The molecule has 0 aromatic carbocycles. The molecular weight excluding hydrogens is 206 g/mol. The number of aldehydes is 1. The topological polar surface area (TPSA) is 57.0 Å². The van der Waals surface area contributed by atoms with Crippen LogP contribution in [0.2, 0.25) is 0 Å². The molecule has 0 saturated heterocycles. The molecule has 5 heteroatoms. The van der Waals surface area contributed by atoms with Crippen molar-refractivity contribution < 1.29 is 9.53 Å². The van der Waals surface area contributed by atoms with Crippen LogP contribution in [-0.2, 0) is 0 Å². The van der Waals surface area contributed by atoms with Crippen LogP contribution in [0.1, 0.15) is 17.3 Å². The SMILES string of the molecule is CCOc1cnn(-c2ccc(C=O)cn2)c1. The number of pyridine rings is 1.